The van der Waals surface area contributed by atoms with Crippen LogP contribution in [0.2, 0.25) is 0 Å². The number of unbranched alkanes of at least 4 members (excludes halogenated alkanes) is 3. The fraction of sp³-hybridized carbons (Fsp3) is 1.00. The first kappa shape index (κ1) is 13.2. The van der Waals surface area contributed by atoms with Crippen LogP contribution in [0.3, 0.4) is 0 Å². The van der Waals surface area contributed by atoms with E-state index in [-0.39, 0.29) is 0 Å². The van der Waals surface area contributed by atoms with Crippen LogP contribution < -0.4 is 0 Å². The normalized spacial score (nSPS) is 11.5. The third-order valence-electron chi connectivity index (χ3n) is 2.10. The number of rotatable bonds is 8. The monoisotopic (exact) mass is 205 g/mol. The fourth-order valence-corrected chi connectivity index (χ4v) is 1.73. The van der Waals surface area contributed by atoms with E-state index in [1.165, 1.54) is 38.8 Å². The standard InChI is InChI=1S/C11H24ClN/c1-11(2)10-13(3)9-7-5-4-6-8-12/h11H,4-10H2,1-3H3. The molecule has 0 aromatic heterocycles. The summed E-state index contributed by atoms with van der Waals surface area (Å²) in [5.41, 5.74) is 0. The molecule has 0 saturated heterocycles. The molecule has 0 aromatic carbocycles. The van der Waals surface area contributed by atoms with Crippen molar-refractivity contribution in [3.63, 3.8) is 0 Å². The van der Waals surface area contributed by atoms with Crippen molar-refractivity contribution in [3.05, 3.63) is 0 Å². The van der Waals surface area contributed by atoms with Gasteiger partial charge in [0.05, 0.1) is 0 Å². The van der Waals surface area contributed by atoms with Crippen LogP contribution in [0, 0.1) is 5.92 Å². The summed E-state index contributed by atoms with van der Waals surface area (Å²) in [6.07, 6.45) is 5.11. The molecule has 0 aliphatic heterocycles. The van der Waals surface area contributed by atoms with Crippen LogP contribution in [0.15, 0.2) is 0 Å². The van der Waals surface area contributed by atoms with Crippen LogP contribution in [0.5, 0.6) is 0 Å². The fourth-order valence-electron chi connectivity index (χ4n) is 1.54. The third-order valence-corrected chi connectivity index (χ3v) is 2.37. The Bertz CT molecular complexity index is 104. The van der Waals surface area contributed by atoms with Gasteiger partial charge in [-0.1, -0.05) is 26.7 Å². The van der Waals surface area contributed by atoms with Gasteiger partial charge >= 0.3 is 0 Å². The van der Waals surface area contributed by atoms with Gasteiger partial charge in [0.15, 0.2) is 0 Å². The first-order chi connectivity index (χ1) is 6.16. The van der Waals surface area contributed by atoms with Crippen molar-refractivity contribution < 1.29 is 0 Å². The Hall–Kier alpha value is 0.250. The Labute approximate surface area is 88.5 Å². The highest BCUT2D eigenvalue weighted by molar-refractivity contribution is 6.17. The number of alkyl halides is 1. The third kappa shape index (κ3) is 10.2. The first-order valence-corrected chi connectivity index (χ1v) is 5.94. The molecule has 0 amide bonds. The van der Waals surface area contributed by atoms with E-state index in [4.69, 9.17) is 11.6 Å². The highest BCUT2D eigenvalue weighted by Gasteiger charge is 2.00. The minimum Gasteiger partial charge on any atom is -0.306 e. The number of nitrogens with zero attached hydrogens (tertiary/aromatic N) is 1. The maximum absolute atomic E-state index is 5.60. The molecular weight excluding hydrogens is 182 g/mol. The van der Waals surface area contributed by atoms with Gasteiger partial charge in [0.25, 0.3) is 0 Å². The summed E-state index contributed by atoms with van der Waals surface area (Å²) in [6.45, 7) is 6.99. The van der Waals surface area contributed by atoms with Crippen molar-refractivity contribution in [2.75, 3.05) is 26.0 Å². The second-order valence-electron chi connectivity index (χ2n) is 4.26. The van der Waals surface area contributed by atoms with Gasteiger partial charge in [-0.2, -0.15) is 0 Å². The molecule has 0 atom stereocenters. The zero-order valence-corrected chi connectivity index (χ0v) is 10.1. The van der Waals surface area contributed by atoms with Gasteiger partial charge in [-0.25, -0.2) is 0 Å². The van der Waals surface area contributed by atoms with Gasteiger partial charge in [-0.3, -0.25) is 0 Å². The lowest BCUT2D eigenvalue weighted by Gasteiger charge is -2.18. The van der Waals surface area contributed by atoms with Crippen LogP contribution in [-0.2, 0) is 0 Å². The van der Waals surface area contributed by atoms with Gasteiger partial charge < -0.3 is 4.90 Å². The van der Waals surface area contributed by atoms with Crippen LogP contribution in [0.1, 0.15) is 39.5 Å². The van der Waals surface area contributed by atoms with E-state index < -0.39 is 0 Å². The zero-order valence-electron chi connectivity index (χ0n) is 9.35. The Morgan fingerprint density at radius 2 is 1.69 bits per heavy atom. The van der Waals surface area contributed by atoms with Gasteiger partial charge in [0, 0.05) is 12.4 Å². The molecule has 0 aliphatic rings. The Morgan fingerprint density at radius 1 is 1.08 bits per heavy atom. The van der Waals surface area contributed by atoms with Crippen molar-refractivity contribution >= 4 is 11.6 Å². The summed E-state index contributed by atoms with van der Waals surface area (Å²) in [4.78, 5) is 2.42. The summed E-state index contributed by atoms with van der Waals surface area (Å²) in [5.74, 6) is 1.61. The molecule has 0 rings (SSSR count). The van der Waals surface area contributed by atoms with Crippen LogP contribution >= 0.6 is 11.6 Å². The highest BCUT2D eigenvalue weighted by atomic mass is 35.5. The minimum absolute atomic E-state index is 0.785. The predicted molar refractivity (Wildman–Crippen MR) is 61.5 cm³/mol. The number of hydrogen-bond acceptors (Lipinski definition) is 1. The first-order valence-electron chi connectivity index (χ1n) is 5.41. The summed E-state index contributed by atoms with van der Waals surface area (Å²) >= 11 is 5.60. The maximum Gasteiger partial charge on any atom is 0.0223 e. The van der Waals surface area contributed by atoms with E-state index in [1.54, 1.807) is 0 Å². The minimum atomic E-state index is 0.785. The van der Waals surface area contributed by atoms with Crippen LogP contribution in [0.4, 0.5) is 0 Å². The van der Waals surface area contributed by atoms with Crippen molar-refractivity contribution in [3.8, 4) is 0 Å². The average Bonchev–Trinajstić information content (AvgIpc) is 2.02. The highest BCUT2D eigenvalue weighted by Crippen LogP contribution is 2.03. The number of halogens is 1. The van der Waals surface area contributed by atoms with Crippen LogP contribution in [-0.4, -0.2) is 30.9 Å². The molecule has 0 heterocycles. The molecule has 0 unspecified atom stereocenters. The van der Waals surface area contributed by atoms with Crippen molar-refractivity contribution in [1.29, 1.82) is 0 Å². The van der Waals surface area contributed by atoms with Gasteiger partial charge in [-0.05, 0) is 32.4 Å². The SMILES string of the molecule is CC(C)CN(C)CCCCCCCl. The Morgan fingerprint density at radius 3 is 2.23 bits per heavy atom. The van der Waals surface area contributed by atoms with E-state index in [0.717, 1.165) is 11.8 Å². The molecular formula is C11H24ClN. The average molecular weight is 206 g/mol. The van der Waals surface area contributed by atoms with Crippen molar-refractivity contribution in [1.82, 2.24) is 4.90 Å². The summed E-state index contributed by atoms with van der Waals surface area (Å²) < 4.78 is 0. The molecule has 0 radical (unpaired) electrons. The predicted octanol–water partition coefficient (Wildman–Crippen LogP) is 3.37. The van der Waals surface area contributed by atoms with E-state index in [2.05, 4.69) is 25.8 Å². The largest absolute Gasteiger partial charge is 0.306 e. The molecule has 0 spiro atoms. The lowest BCUT2D eigenvalue weighted by atomic mass is 10.2. The second-order valence-corrected chi connectivity index (χ2v) is 4.64. The maximum atomic E-state index is 5.60. The zero-order chi connectivity index (χ0) is 10.1. The molecule has 2 heteroatoms. The lowest BCUT2D eigenvalue weighted by Crippen LogP contribution is -2.24. The van der Waals surface area contributed by atoms with Crippen molar-refractivity contribution in [2.24, 2.45) is 5.92 Å². The molecule has 0 bridgehead atoms. The molecule has 0 aliphatic carbocycles. The quantitative estimate of drug-likeness (QED) is 0.434. The van der Waals surface area contributed by atoms with E-state index in [1.807, 2.05) is 0 Å². The van der Waals surface area contributed by atoms with Gasteiger partial charge in [0.2, 0.25) is 0 Å². The van der Waals surface area contributed by atoms with E-state index >= 15 is 0 Å². The van der Waals surface area contributed by atoms with Gasteiger partial charge in [0.1, 0.15) is 0 Å². The summed E-state index contributed by atoms with van der Waals surface area (Å²) in [7, 11) is 2.21. The molecule has 0 fully saturated rings. The van der Waals surface area contributed by atoms with E-state index in [0.29, 0.717) is 0 Å². The molecule has 1 nitrogen and oxygen atoms in total. The molecule has 13 heavy (non-hydrogen) atoms. The van der Waals surface area contributed by atoms with E-state index in [9.17, 15) is 0 Å². The van der Waals surface area contributed by atoms with Crippen molar-refractivity contribution in [2.45, 2.75) is 39.5 Å². The molecule has 80 valence electrons. The smallest absolute Gasteiger partial charge is 0.0223 e. The molecule has 0 N–H and O–H groups in total. The van der Waals surface area contributed by atoms with Gasteiger partial charge in [-0.15, -0.1) is 11.6 Å². The summed E-state index contributed by atoms with van der Waals surface area (Å²) in [6, 6.07) is 0. The number of hydrogen-bond donors (Lipinski definition) is 0. The van der Waals surface area contributed by atoms with Crippen LogP contribution in [0.25, 0.3) is 0 Å². The second kappa shape index (κ2) is 8.83. The summed E-state index contributed by atoms with van der Waals surface area (Å²) in [5, 5.41) is 0. The topological polar surface area (TPSA) is 3.24 Å². The molecule has 0 saturated carbocycles. The lowest BCUT2D eigenvalue weighted by molar-refractivity contribution is 0.288. The Kier molecular flexibility index (Phi) is 9.00. The molecule has 0 aromatic rings. The Balaban J connectivity index is 3.12.